The second kappa shape index (κ2) is 5.68. The first-order valence-corrected chi connectivity index (χ1v) is 5.92. The number of aromatic carboxylic acids is 1. The highest BCUT2D eigenvalue weighted by atomic mass is 16.5. The van der Waals surface area contributed by atoms with Crippen molar-refractivity contribution in [2.45, 2.75) is 12.8 Å². The van der Waals surface area contributed by atoms with Crippen LogP contribution in [0.25, 0.3) is 0 Å². The van der Waals surface area contributed by atoms with Crippen LogP contribution in [0.2, 0.25) is 0 Å². The maximum Gasteiger partial charge on any atom is 0.335 e. The van der Waals surface area contributed by atoms with Gasteiger partial charge in [0, 0.05) is 12.5 Å². The SMILES string of the molecule is O=C(O)c1ccc(OCC2CCCNC2)cc1. The lowest BCUT2D eigenvalue weighted by Gasteiger charge is -2.22. The summed E-state index contributed by atoms with van der Waals surface area (Å²) >= 11 is 0. The van der Waals surface area contributed by atoms with Gasteiger partial charge in [0.1, 0.15) is 5.75 Å². The van der Waals surface area contributed by atoms with Gasteiger partial charge in [0.15, 0.2) is 0 Å². The zero-order valence-corrected chi connectivity index (χ0v) is 9.69. The number of piperidine rings is 1. The average molecular weight is 235 g/mol. The van der Waals surface area contributed by atoms with Crippen LogP contribution in [0.15, 0.2) is 24.3 Å². The van der Waals surface area contributed by atoms with Crippen LogP contribution in [0.1, 0.15) is 23.2 Å². The highest BCUT2D eigenvalue weighted by Crippen LogP contribution is 2.16. The normalized spacial score (nSPS) is 19.9. The Morgan fingerprint density at radius 3 is 2.76 bits per heavy atom. The fraction of sp³-hybridized carbons (Fsp3) is 0.462. The molecular weight excluding hydrogens is 218 g/mol. The topological polar surface area (TPSA) is 58.6 Å². The van der Waals surface area contributed by atoms with Crippen molar-refractivity contribution in [3.8, 4) is 5.75 Å². The number of rotatable bonds is 4. The van der Waals surface area contributed by atoms with Gasteiger partial charge in [-0.1, -0.05) is 0 Å². The predicted octanol–water partition coefficient (Wildman–Crippen LogP) is 1.76. The third-order valence-corrected chi connectivity index (χ3v) is 2.99. The molecule has 0 aromatic heterocycles. The molecule has 0 amide bonds. The van der Waals surface area contributed by atoms with E-state index < -0.39 is 5.97 Å². The van der Waals surface area contributed by atoms with Crippen LogP contribution in [-0.4, -0.2) is 30.8 Å². The maximum absolute atomic E-state index is 10.7. The molecule has 1 aromatic carbocycles. The van der Waals surface area contributed by atoms with Crippen molar-refractivity contribution >= 4 is 5.97 Å². The summed E-state index contributed by atoms with van der Waals surface area (Å²) in [6.07, 6.45) is 2.40. The first-order valence-electron chi connectivity index (χ1n) is 5.92. The van der Waals surface area contributed by atoms with Crippen molar-refractivity contribution in [1.29, 1.82) is 0 Å². The van der Waals surface area contributed by atoms with Crippen molar-refractivity contribution in [3.05, 3.63) is 29.8 Å². The maximum atomic E-state index is 10.7. The molecular formula is C13H17NO3. The lowest BCUT2D eigenvalue weighted by atomic mass is 10.0. The van der Waals surface area contributed by atoms with E-state index in [0.717, 1.165) is 18.8 Å². The van der Waals surface area contributed by atoms with Crippen LogP contribution in [0.4, 0.5) is 0 Å². The van der Waals surface area contributed by atoms with Crippen molar-refractivity contribution in [3.63, 3.8) is 0 Å². The molecule has 1 aromatic rings. The van der Waals surface area contributed by atoms with E-state index in [9.17, 15) is 4.79 Å². The van der Waals surface area contributed by atoms with Gasteiger partial charge in [0.05, 0.1) is 12.2 Å². The van der Waals surface area contributed by atoms with Gasteiger partial charge in [-0.3, -0.25) is 0 Å². The molecule has 0 bridgehead atoms. The molecule has 2 N–H and O–H groups in total. The summed E-state index contributed by atoms with van der Waals surface area (Å²) in [5.74, 6) is 0.386. The molecule has 0 radical (unpaired) electrons. The van der Waals surface area contributed by atoms with Crippen LogP contribution in [0.5, 0.6) is 5.75 Å². The van der Waals surface area contributed by atoms with E-state index in [2.05, 4.69) is 5.32 Å². The minimum Gasteiger partial charge on any atom is -0.493 e. The zero-order valence-electron chi connectivity index (χ0n) is 9.69. The molecule has 4 heteroatoms. The Morgan fingerprint density at radius 2 is 2.18 bits per heavy atom. The lowest BCUT2D eigenvalue weighted by molar-refractivity contribution is 0.0697. The number of hydrogen-bond acceptors (Lipinski definition) is 3. The Hall–Kier alpha value is -1.55. The third kappa shape index (κ3) is 3.46. The molecule has 0 saturated carbocycles. The van der Waals surface area contributed by atoms with Crippen LogP contribution in [0, 0.1) is 5.92 Å². The highest BCUT2D eigenvalue weighted by Gasteiger charge is 2.13. The quantitative estimate of drug-likeness (QED) is 0.835. The van der Waals surface area contributed by atoms with Crippen LogP contribution in [0.3, 0.4) is 0 Å². The first-order chi connectivity index (χ1) is 8.25. The van der Waals surface area contributed by atoms with E-state index in [-0.39, 0.29) is 5.56 Å². The van der Waals surface area contributed by atoms with Gasteiger partial charge in [-0.25, -0.2) is 4.79 Å². The number of benzene rings is 1. The largest absolute Gasteiger partial charge is 0.493 e. The van der Waals surface area contributed by atoms with Gasteiger partial charge in [-0.05, 0) is 43.7 Å². The summed E-state index contributed by atoms with van der Waals surface area (Å²) in [4.78, 5) is 10.7. The number of nitrogens with one attached hydrogen (secondary N) is 1. The summed E-state index contributed by atoms with van der Waals surface area (Å²) in [6, 6.07) is 6.55. The Labute approximate surface area is 101 Å². The average Bonchev–Trinajstić information content (AvgIpc) is 2.38. The molecule has 2 rings (SSSR count). The van der Waals surface area contributed by atoms with Crippen molar-refractivity contribution < 1.29 is 14.6 Å². The minimum absolute atomic E-state index is 0.289. The van der Waals surface area contributed by atoms with E-state index in [0.29, 0.717) is 12.5 Å². The Morgan fingerprint density at radius 1 is 1.41 bits per heavy atom. The van der Waals surface area contributed by atoms with Gasteiger partial charge in [0.2, 0.25) is 0 Å². The van der Waals surface area contributed by atoms with Crippen molar-refractivity contribution in [1.82, 2.24) is 5.32 Å². The van der Waals surface area contributed by atoms with Crippen LogP contribution < -0.4 is 10.1 Å². The Balaban J connectivity index is 1.84. The summed E-state index contributed by atoms with van der Waals surface area (Å²) in [6.45, 7) is 2.80. The zero-order chi connectivity index (χ0) is 12.1. The van der Waals surface area contributed by atoms with Crippen LogP contribution >= 0.6 is 0 Å². The number of hydrogen-bond donors (Lipinski definition) is 2. The van der Waals surface area contributed by atoms with E-state index in [4.69, 9.17) is 9.84 Å². The molecule has 1 saturated heterocycles. The minimum atomic E-state index is -0.909. The Bertz CT molecular complexity index is 369. The number of carbonyl (C=O) groups is 1. The summed E-state index contributed by atoms with van der Waals surface area (Å²) in [7, 11) is 0. The van der Waals surface area contributed by atoms with Gasteiger partial charge >= 0.3 is 5.97 Å². The number of carboxylic acids is 1. The van der Waals surface area contributed by atoms with E-state index in [1.165, 1.54) is 12.8 Å². The fourth-order valence-electron chi connectivity index (χ4n) is 1.97. The molecule has 1 heterocycles. The second-order valence-corrected chi connectivity index (χ2v) is 4.35. The Kier molecular flexibility index (Phi) is 3.98. The van der Waals surface area contributed by atoms with Crippen LogP contribution in [-0.2, 0) is 0 Å². The van der Waals surface area contributed by atoms with E-state index in [1.807, 2.05) is 0 Å². The van der Waals surface area contributed by atoms with E-state index >= 15 is 0 Å². The molecule has 4 nitrogen and oxygen atoms in total. The number of carboxylic acid groups (broad SMARTS) is 1. The molecule has 0 spiro atoms. The smallest absolute Gasteiger partial charge is 0.335 e. The molecule has 17 heavy (non-hydrogen) atoms. The van der Waals surface area contributed by atoms with E-state index in [1.54, 1.807) is 24.3 Å². The molecule has 1 fully saturated rings. The molecule has 1 aliphatic heterocycles. The predicted molar refractivity (Wildman–Crippen MR) is 64.5 cm³/mol. The van der Waals surface area contributed by atoms with Crippen molar-refractivity contribution in [2.24, 2.45) is 5.92 Å². The number of ether oxygens (including phenoxy) is 1. The summed E-state index contributed by atoms with van der Waals surface area (Å²) in [5, 5.41) is 12.1. The van der Waals surface area contributed by atoms with Crippen molar-refractivity contribution in [2.75, 3.05) is 19.7 Å². The molecule has 92 valence electrons. The molecule has 1 unspecified atom stereocenters. The molecule has 1 aliphatic rings. The highest BCUT2D eigenvalue weighted by molar-refractivity contribution is 5.87. The molecule has 1 atom stereocenters. The first kappa shape index (κ1) is 11.9. The van der Waals surface area contributed by atoms with Gasteiger partial charge in [-0.15, -0.1) is 0 Å². The molecule has 0 aliphatic carbocycles. The second-order valence-electron chi connectivity index (χ2n) is 4.35. The lowest BCUT2D eigenvalue weighted by Crippen LogP contribution is -2.33. The summed E-state index contributed by atoms with van der Waals surface area (Å²) in [5.41, 5.74) is 0.289. The summed E-state index contributed by atoms with van der Waals surface area (Å²) < 4.78 is 5.65. The van der Waals surface area contributed by atoms with Gasteiger partial charge in [-0.2, -0.15) is 0 Å². The van der Waals surface area contributed by atoms with Gasteiger partial charge < -0.3 is 15.2 Å². The fourth-order valence-corrected chi connectivity index (χ4v) is 1.97. The third-order valence-electron chi connectivity index (χ3n) is 2.99. The monoisotopic (exact) mass is 235 g/mol. The standard InChI is InChI=1S/C13H17NO3/c15-13(16)11-3-5-12(6-4-11)17-9-10-2-1-7-14-8-10/h3-6,10,14H,1-2,7-9H2,(H,15,16). The van der Waals surface area contributed by atoms with Gasteiger partial charge in [0.25, 0.3) is 0 Å².